The molecule has 1 aliphatic rings. The van der Waals surface area contributed by atoms with Crippen molar-refractivity contribution in [2.45, 2.75) is 24.2 Å². The first-order valence-electron chi connectivity index (χ1n) is 7.65. The normalized spacial score (nSPS) is 19.6. The zero-order valence-electron chi connectivity index (χ0n) is 12.9. The number of nitrogens with one attached hydrogen (secondary N) is 1. The third-order valence-corrected chi connectivity index (χ3v) is 5.98. The Balaban J connectivity index is 1.76. The van der Waals surface area contributed by atoms with Crippen molar-refractivity contribution in [1.29, 1.82) is 0 Å². The first kappa shape index (κ1) is 18.4. The summed E-state index contributed by atoms with van der Waals surface area (Å²) in [6, 6.07) is 6.53. The number of carbonyl (C=O) groups excluding carboxylic acids is 1. The lowest BCUT2D eigenvalue weighted by atomic mass is 9.97. The predicted octanol–water partition coefficient (Wildman–Crippen LogP) is 1.31. The van der Waals surface area contributed by atoms with Gasteiger partial charge in [-0.15, -0.1) is 0 Å². The van der Waals surface area contributed by atoms with Crippen LogP contribution in [0.2, 0.25) is 0 Å². The van der Waals surface area contributed by atoms with Crippen molar-refractivity contribution < 1.29 is 13.2 Å². The molecule has 1 fully saturated rings. The Bertz CT molecular complexity index is 634. The number of benzene rings is 1. The second-order valence-electron chi connectivity index (χ2n) is 5.75. The average Bonchev–Trinajstić information content (AvgIpc) is 2.52. The standard InChI is InChI=1S/C15H22BrN3O3S/c16-13-4-6-14(7-5-13)23(21,22)18-8-2-10-19-9-1-3-12(11-19)15(17)20/h4-7,12,18H,1-3,8-11H2,(H2,17,20). The lowest BCUT2D eigenvalue weighted by molar-refractivity contribution is -0.123. The summed E-state index contributed by atoms with van der Waals surface area (Å²) in [5.41, 5.74) is 5.36. The van der Waals surface area contributed by atoms with E-state index in [0.717, 1.165) is 30.4 Å². The molecular weight excluding hydrogens is 382 g/mol. The number of amides is 1. The van der Waals surface area contributed by atoms with Crippen molar-refractivity contribution >= 4 is 31.9 Å². The topological polar surface area (TPSA) is 92.5 Å². The van der Waals surface area contributed by atoms with Crippen LogP contribution in [0.3, 0.4) is 0 Å². The lowest BCUT2D eigenvalue weighted by Crippen LogP contribution is -2.42. The first-order valence-corrected chi connectivity index (χ1v) is 9.93. The van der Waals surface area contributed by atoms with E-state index in [1.165, 1.54) is 0 Å². The maximum absolute atomic E-state index is 12.1. The summed E-state index contributed by atoms with van der Waals surface area (Å²) in [6.45, 7) is 2.74. The molecule has 3 N–H and O–H groups in total. The summed E-state index contributed by atoms with van der Waals surface area (Å²) in [5, 5.41) is 0. The first-order chi connectivity index (χ1) is 10.9. The van der Waals surface area contributed by atoms with Gasteiger partial charge in [0, 0.05) is 17.6 Å². The minimum absolute atomic E-state index is 0.0804. The zero-order chi connectivity index (χ0) is 16.9. The van der Waals surface area contributed by atoms with E-state index < -0.39 is 10.0 Å². The van der Waals surface area contributed by atoms with E-state index in [-0.39, 0.29) is 16.7 Å². The number of piperidine rings is 1. The summed E-state index contributed by atoms with van der Waals surface area (Å²) in [4.78, 5) is 13.7. The highest BCUT2D eigenvalue weighted by molar-refractivity contribution is 9.10. The van der Waals surface area contributed by atoms with E-state index in [0.29, 0.717) is 19.5 Å². The molecule has 0 bridgehead atoms. The minimum Gasteiger partial charge on any atom is -0.369 e. The van der Waals surface area contributed by atoms with Gasteiger partial charge in [-0.05, 0) is 56.6 Å². The number of nitrogens with two attached hydrogens (primary N) is 1. The van der Waals surface area contributed by atoms with E-state index in [4.69, 9.17) is 5.73 Å². The second kappa shape index (κ2) is 8.23. The Kier molecular flexibility index (Phi) is 6.58. The fraction of sp³-hybridized carbons (Fsp3) is 0.533. The summed E-state index contributed by atoms with van der Waals surface area (Å²) in [6.07, 6.45) is 2.50. The van der Waals surface area contributed by atoms with Crippen molar-refractivity contribution in [3.8, 4) is 0 Å². The number of sulfonamides is 1. The largest absolute Gasteiger partial charge is 0.369 e. The Labute approximate surface area is 145 Å². The van der Waals surface area contributed by atoms with Crippen molar-refractivity contribution in [3.63, 3.8) is 0 Å². The SMILES string of the molecule is NC(=O)C1CCCN(CCCNS(=O)(=O)c2ccc(Br)cc2)C1. The molecule has 0 saturated carbocycles. The van der Waals surface area contributed by atoms with E-state index in [1.807, 2.05) is 0 Å². The van der Waals surface area contributed by atoms with Crippen LogP contribution in [0.15, 0.2) is 33.6 Å². The molecule has 23 heavy (non-hydrogen) atoms. The maximum Gasteiger partial charge on any atom is 0.240 e. The number of nitrogens with zero attached hydrogens (tertiary/aromatic N) is 1. The lowest BCUT2D eigenvalue weighted by Gasteiger charge is -2.31. The van der Waals surface area contributed by atoms with Crippen LogP contribution in [0, 0.1) is 5.92 Å². The van der Waals surface area contributed by atoms with Crippen LogP contribution in [0.5, 0.6) is 0 Å². The molecule has 0 aliphatic carbocycles. The molecule has 1 aliphatic heterocycles. The molecular formula is C15H22BrN3O3S. The quantitative estimate of drug-likeness (QED) is 0.671. The number of likely N-dealkylation sites (tertiary alicyclic amines) is 1. The van der Waals surface area contributed by atoms with Gasteiger partial charge in [0.2, 0.25) is 15.9 Å². The van der Waals surface area contributed by atoms with Crippen LogP contribution in [0.1, 0.15) is 19.3 Å². The molecule has 1 aromatic rings. The van der Waals surface area contributed by atoms with Gasteiger partial charge in [0.25, 0.3) is 0 Å². The Morgan fingerprint density at radius 2 is 2.04 bits per heavy atom. The molecule has 1 saturated heterocycles. The summed E-state index contributed by atoms with van der Waals surface area (Å²) in [5.74, 6) is -0.325. The fourth-order valence-corrected chi connectivity index (χ4v) is 4.04. The number of hydrogen-bond acceptors (Lipinski definition) is 4. The number of primary amides is 1. The predicted molar refractivity (Wildman–Crippen MR) is 92.3 cm³/mol. The molecule has 2 rings (SSSR count). The summed E-state index contributed by atoms with van der Waals surface area (Å²) < 4.78 is 27.7. The average molecular weight is 404 g/mol. The Morgan fingerprint density at radius 3 is 2.70 bits per heavy atom. The summed E-state index contributed by atoms with van der Waals surface area (Å²) in [7, 11) is -3.47. The molecule has 1 amide bonds. The highest BCUT2D eigenvalue weighted by atomic mass is 79.9. The summed E-state index contributed by atoms with van der Waals surface area (Å²) >= 11 is 3.28. The fourth-order valence-electron chi connectivity index (χ4n) is 2.70. The van der Waals surface area contributed by atoms with Crippen LogP contribution in [0.4, 0.5) is 0 Å². The smallest absolute Gasteiger partial charge is 0.240 e. The Hall–Kier alpha value is -0.960. The second-order valence-corrected chi connectivity index (χ2v) is 8.43. The van der Waals surface area contributed by atoms with Crippen molar-refractivity contribution in [3.05, 3.63) is 28.7 Å². The van der Waals surface area contributed by atoms with Crippen molar-refractivity contribution in [1.82, 2.24) is 9.62 Å². The number of carbonyl (C=O) groups is 1. The monoisotopic (exact) mass is 403 g/mol. The highest BCUT2D eigenvalue weighted by Gasteiger charge is 2.23. The number of rotatable bonds is 7. The zero-order valence-corrected chi connectivity index (χ0v) is 15.3. The van der Waals surface area contributed by atoms with E-state index in [9.17, 15) is 13.2 Å². The van der Waals surface area contributed by atoms with E-state index >= 15 is 0 Å². The highest BCUT2D eigenvalue weighted by Crippen LogP contribution is 2.16. The van der Waals surface area contributed by atoms with E-state index in [2.05, 4.69) is 25.6 Å². The van der Waals surface area contributed by atoms with Gasteiger partial charge in [0.1, 0.15) is 0 Å². The molecule has 1 heterocycles. The van der Waals surface area contributed by atoms with Gasteiger partial charge in [0.05, 0.1) is 10.8 Å². The number of halogens is 1. The van der Waals surface area contributed by atoms with Gasteiger partial charge >= 0.3 is 0 Å². The van der Waals surface area contributed by atoms with Crippen LogP contribution in [0.25, 0.3) is 0 Å². The van der Waals surface area contributed by atoms with Crippen LogP contribution >= 0.6 is 15.9 Å². The van der Waals surface area contributed by atoms with Crippen molar-refractivity contribution in [2.75, 3.05) is 26.2 Å². The molecule has 1 atom stereocenters. The molecule has 0 spiro atoms. The number of hydrogen-bond donors (Lipinski definition) is 2. The Morgan fingerprint density at radius 1 is 1.35 bits per heavy atom. The van der Waals surface area contributed by atoms with Gasteiger partial charge in [0.15, 0.2) is 0 Å². The molecule has 1 aromatic carbocycles. The molecule has 6 nitrogen and oxygen atoms in total. The third-order valence-electron chi connectivity index (χ3n) is 3.98. The molecule has 128 valence electrons. The van der Waals surface area contributed by atoms with Gasteiger partial charge in [-0.1, -0.05) is 15.9 Å². The van der Waals surface area contributed by atoms with Gasteiger partial charge < -0.3 is 10.6 Å². The van der Waals surface area contributed by atoms with Gasteiger partial charge in [-0.3, -0.25) is 4.79 Å². The van der Waals surface area contributed by atoms with E-state index in [1.54, 1.807) is 24.3 Å². The van der Waals surface area contributed by atoms with Crippen LogP contribution < -0.4 is 10.5 Å². The molecule has 8 heteroatoms. The molecule has 0 aromatic heterocycles. The van der Waals surface area contributed by atoms with Crippen LogP contribution in [-0.4, -0.2) is 45.4 Å². The van der Waals surface area contributed by atoms with Gasteiger partial charge in [-0.25, -0.2) is 13.1 Å². The van der Waals surface area contributed by atoms with Crippen molar-refractivity contribution in [2.24, 2.45) is 11.7 Å². The molecule has 0 radical (unpaired) electrons. The van der Waals surface area contributed by atoms with Crippen LogP contribution in [-0.2, 0) is 14.8 Å². The maximum atomic E-state index is 12.1. The van der Waals surface area contributed by atoms with Gasteiger partial charge in [-0.2, -0.15) is 0 Å². The molecule has 1 unspecified atom stereocenters. The third kappa shape index (κ3) is 5.56. The minimum atomic E-state index is -3.47.